The quantitative estimate of drug-likeness (QED) is 0.885. The SMILES string of the molecule is Cc1ccc(CC(=O)N[C@@H](CN(C)C)c2ccc(Cl)cc2)cn1. The van der Waals surface area contributed by atoms with Gasteiger partial charge >= 0.3 is 0 Å². The Morgan fingerprint density at radius 3 is 2.48 bits per heavy atom. The maximum Gasteiger partial charge on any atom is 0.225 e. The van der Waals surface area contributed by atoms with Crippen LogP contribution in [0.4, 0.5) is 0 Å². The number of pyridine rings is 1. The van der Waals surface area contributed by atoms with Gasteiger partial charge in [0, 0.05) is 23.5 Å². The molecule has 0 radical (unpaired) electrons. The summed E-state index contributed by atoms with van der Waals surface area (Å²) in [6.45, 7) is 2.65. The Labute approximate surface area is 142 Å². The number of amides is 1. The number of aromatic nitrogens is 1. The Morgan fingerprint density at radius 1 is 1.22 bits per heavy atom. The molecule has 1 heterocycles. The molecule has 1 amide bonds. The molecule has 4 nitrogen and oxygen atoms in total. The molecule has 1 atom stereocenters. The van der Waals surface area contributed by atoms with Crippen molar-refractivity contribution in [3.63, 3.8) is 0 Å². The minimum Gasteiger partial charge on any atom is -0.348 e. The van der Waals surface area contributed by atoms with Crippen LogP contribution in [0.5, 0.6) is 0 Å². The number of hydrogen-bond donors (Lipinski definition) is 1. The van der Waals surface area contributed by atoms with E-state index in [4.69, 9.17) is 11.6 Å². The second kappa shape index (κ2) is 8.09. The summed E-state index contributed by atoms with van der Waals surface area (Å²) in [6, 6.07) is 11.4. The number of halogens is 1. The van der Waals surface area contributed by atoms with Crippen LogP contribution in [0, 0.1) is 6.92 Å². The molecule has 5 heteroatoms. The van der Waals surface area contributed by atoms with Gasteiger partial charge in [-0.1, -0.05) is 29.8 Å². The van der Waals surface area contributed by atoms with Gasteiger partial charge in [0.15, 0.2) is 0 Å². The first-order valence-corrected chi connectivity index (χ1v) is 7.93. The molecule has 0 saturated carbocycles. The predicted molar refractivity (Wildman–Crippen MR) is 93.6 cm³/mol. The second-order valence-electron chi connectivity index (χ2n) is 5.92. The van der Waals surface area contributed by atoms with Gasteiger partial charge in [-0.15, -0.1) is 0 Å². The van der Waals surface area contributed by atoms with Crippen molar-refractivity contribution < 1.29 is 4.79 Å². The van der Waals surface area contributed by atoms with Crippen molar-refractivity contribution in [2.24, 2.45) is 0 Å². The van der Waals surface area contributed by atoms with Crippen LogP contribution < -0.4 is 5.32 Å². The van der Waals surface area contributed by atoms with Crippen LogP contribution in [0.2, 0.25) is 5.02 Å². The highest BCUT2D eigenvalue weighted by atomic mass is 35.5. The zero-order valence-electron chi connectivity index (χ0n) is 13.7. The van der Waals surface area contributed by atoms with E-state index in [-0.39, 0.29) is 11.9 Å². The number of carbonyl (C=O) groups excluding carboxylic acids is 1. The maximum atomic E-state index is 12.3. The van der Waals surface area contributed by atoms with Crippen molar-refractivity contribution in [3.8, 4) is 0 Å². The molecule has 0 aliphatic rings. The molecule has 0 fully saturated rings. The van der Waals surface area contributed by atoms with Gasteiger partial charge in [-0.2, -0.15) is 0 Å². The van der Waals surface area contributed by atoms with Crippen molar-refractivity contribution in [3.05, 3.63) is 64.4 Å². The Bertz CT molecular complexity index is 638. The highest BCUT2D eigenvalue weighted by molar-refractivity contribution is 6.30. The van der Waals surface area contributed by atoms with Gasteiger partial charge in [0.05, 0.1) is 12.5 Å². The maximum absolute atomic E-state index is 12.3. The lowest BCUT2D eigenvalue weighted by Gasteiger charge is -2.23. The largest absolute Gasteiger partial charge is 0.348 e. The Kier molecular flexibility index (Phi) is 6.13. The van der Waals surface area contributed by atoms with E-state index in [2.05, 4.69) is 10.3 Å². The van der Waals surface area contributed by atoms with Crippen LogP contribution in [0.3, 0.4) is 0 Å². The Hall–Kier alpha value is -1.91. The van der Waals surface area contributed by atoms with Crippen LogP contribution in [-0.2, 0) is 11.2 Å². The molecule has 1 N–H and O–H groups in total. The Morgan fingerprint density at radius 2 is 1.91 bits per heavy atom. The number of rotatable bonds is 6. The molecule has 0 unspecified atom stereocenters. The third-order valence-electron chi connectivity index (χ3n) is 3.49. The summed E-state index contributed by atoms with van der Waals surface area (Å²) in [4.78, 5) is 18.6. The van der Waals surface area contributed by atoms with Crippen molar-refractivity contribution in [2.75, 3.05) is 20.6 Å². The highest BCUT2D eigenvalue weighted by Gasteiger charge is 2.16. The smallest absolute Gasteiger partial charge is 0.225 e. The summed E-state index contributed by atoms with van der Waals surface area (Å²) in [7, 11) is 3.97. The van der Waals surface area contributed by atoms with Gasteiger partial charge < -0.3 is 10.2 Å². The molecular weight excluding hydrogens is 310 g/mol. The van der Waals surface area contributed by atoms with E-state index in [9.17, 15) is 4.79 Å². The predicted octanol–water partition coefficient (Wildman–Crippen LogP) is 3.01. The third-order valence-corrected chi connectivity index (χ3v) is 3.74. The van der Waals surface area contributed by atoms with Crippen LogP contribution in [-0.4, -0.2) is 36.4 Å². The molecule has 23 heavy (non-hydrogen) atoms. The summed E-state index contributed by atoms with van der Waals surface area (Å²) >= 11 is 5.94. The number of benzene rings is 1. The van der Waals surface area contributed by atoms with E-state index in [0.29, 0.717) is 11.4 Å². The molecule has 122 valence electrons. The minimum atomic E-state index is -0.0758. The van der Waals surface area contributed by atoms with Crippen LogP contribution in [0.15, 0.2) is 42.6 Å². The van der Waals surface area contributed by atoms with Crippen LogP contribution in [0.1, 0.15) is 22.9 Å². The number of hydrogen-bond acceptors (Lipinski definition) is 3. The molecule has 2 rings (SSSR count). The fourth-order valence-corrected chi connectivity index (χ4v) is 2.45. The molecule has 1 aromatic heterocycles. The summed E-state index contributed by atoms with van der Waals surface area (Å²) in [6.07, 6.45) is 2.07. The van der Waals surface area contributed by atoms with Crippen molar-refractivity contribution >= 4 is 17.5 Å². The van der Waals surface area contributed by atoms with E-state index in [1.165, 1.54) is 0 Å². The number of aryl methyl sites for hydroxylation is 1. The first-order valence-electron chi connectivity index (χ1n) is 7.55. The molecule has 0 saturated heterocycles. The zero-order valence-corrected chi connectivity index (χ0v) is 14.5. The van der Waals surface area contributed by atoms with Gasteiger partial charge in [0.2, 0.25) is 5.91 Å². The summed E-state index contributed by atoms with van der Waals surface area (Å²) in [5, 5.41) is 3.79. The van der Waals surface area contributed by atoms with Crippen LogP contribution in [0.25, 0.3) is 0 Å². The monoisotopic (exact) mass is 331 g/mol. The topological polar surface area (TPSA) is 45.2 Å². The van der Waals surface area contributed by atoms with E-state index in [1.54, 1.807) is 6.20 Å². The molecule has 0 spiro atoms. The normalized spacial score (nSPS) is 12.2. The standard InChI is InChI=1S/C18H22ClN3O/c1-13-4-5-14(11-20-13)10-18(23)21-17(12-22(2)3)15-6-8-16(19)9-7-15/h4-9,11,17H,10,12H2,1-3H3,(H,21,23)/t17-/m0/s1. The van der Waals surface area contributed by atoms with E-state index < -0.39 is 0 Å². The van der Waals surface area contributed by atoms with E-state index in [1.807, 2.05) is 62.3 Å². The summed E-state index contributed by atoms with van der Waals surface area (Å²) in [5.41, 5.74) is 2.90. The van der Waals surface area contributed by atoms with Gasteiger partial charge in [-0.25, -0.2) is 0 Å². The van der Waals surface area contributed by atoms with Crippen LogP contribution >= 0.6 is 11.6 Å². The molecule has 0 aliphatic carbocycles. The van der Waals surface area contributed by atoms with E-state index >= 15 is 0 Å². The van der Waals surface area contributed by atoms with Crippen molar-refractivity contribution in [2.45, 2.75) is 19.4 Å². The van der Waals surface area contributed by atoms with Crippen molar-refractivity contribution in [1.82, 2.24) is 15.2 Å². The van der Waals surface area contributed by atoms with Crippen molar-refractivity contribution in [1.29, 1.82) is 0 Å². The van der Waals surface area contributed by atoms with Gasteiger partial charge in [0.1, 0.15) is 0 Å². The number of nitrogens with one attached hydrogen (secondary N) is 1. The number of likely N-dealkylation sites (N-methyl/N-ethyl adjacent to an activating group) is 1. The first kappa shape index (κ1) is 17.4. The van der Waals surface area contributed by atoms with Gasteiger partial charge in [0.25, 0.3) is 0 Å². The fraction of sp³-hybridized carbons (Fsp3) is 0.333. The molecular formula is C18H22ClN3O. The third kappa shape index (κ3) is 5.66. The van der Waals surface area contributed by atoms with E-state index in [0.717, 1.165) is 23.4 Å². The highest BCUT2D eigenvalue weighted by Crippen LogP contribution is 2.17. The van der Waals surface area contributed by atoms with Gasteiger partial charge in [-0.05, 0) is 50.3 Å². The average molecular weight is 332 g/mol. The lowest BCUT2D eigenvalue weighted by atomic mass is 10.1. The number of carbonyl (C=O) groups is 1. The molecule has 0 aliphatic heterocycles. The minimum absolute atomic E-state index is 0.0162. The summed E-state index contributed by atoms with van der Waals surface area (Å²) < 4.78 is 0. The average Bonchev–Trinajstić information content (AvgIpc) is 2.49. The lowest BCUT2D eigenvalue weighted by molar-refractivity contribution is -0.121. The molecule has 2 aromatic rings. The zero-order chi connectivity index (χ0) is 16.8. The molecule has 1 aromatic carbocycles. The molecule has 0 bridgehead atoms. The fourth-order valence-electron chi connectivity index (χ4n) is 2.33. The number of nitrogens with zero attached hydrogens (tertiary/aromatic N) is 2. The Balaban J connectivity index is 2.06. The van der Waals surface area contributed by atoms with Gasteiger partial charge in [-0.3, -0.25) is 9.78 Å². The summed E-state index contributed by atoms with van der Waals surface area (Å²) in [5.74, 6) is -0.0162. The first-order chi connectivity index (χ1) is 10.9. The second-order valence-corrected chi connectivity index (χ2v) is 6.35. The lowest BCUT2D eigenvalue weighted by Crippen LogP contribution is -2.36.